The van der Waals surface area contributed by atoms with Gasteiger partial charge in [-0.05, 0) is 38.8 Å². The van der Waals surface area contributed by atoms with Crippen molar-refractivity contribution in [2.24, 2.45) is 0 Å². The van der Waals surface area contributed by atoms with Crippen molar-refractivity contribution in [2.75, 3.05) is 12.4 Å². The van der Waals surface area contributed by atoms with Crippen LogP contribution in [0.2, 0.25) is 0 Å². The minimum absolute atomic E-state index is 0.283. The summed E-state index contributed by atoms with van der Waals surface area (Å²) in [5.41, 5.74) is 0.828. The first kappa shape index (κ1) is 15.4. The van der Waals surface area contributed by atoms with Gasteiger partial charge in [-0.15, -0.1) is 10.2 Å². The highest BCUT2D eigenvalue weighted by Gasteiger charge is 2.23. The molecule has 1 aromatic carbocycles. The van der Waals surface area contributed by atoms with Gasteiger partial charge >= 0.3 is 0 Å². The predicted molar refractivity (Wildman–Crippen MR) is 85.2 cm³/mol. The van der Waals surface area contributed by atoms with Gasteiger partial charge in [-0.3, -0.25) is 0 Å². The molecule has 0 N–H and O–H groups in total. The third-order valence-corrected chi connectivity index (χ3v) is 4.49. The lowest BCUT2D eigenvalue weighted by Gasteiger charge is -2.08. The zero-order valence-corrected chi connectivity index (χ0v) is 13.6. The third-order valence-electron chi connectivity index (χ3n) is 3.54. The van der Waals surface area contributed by atoms with E-state index in [0.29, 0.717) is 23.8 Å². The molecular formula is C16H20N2O3S. The fraction of sp³-hybridized carbons (Fsp3) is 0.500. The van der Waals surface area contributed by atoms with Crippen LogP contribution in [0.15, 0.2) is 33.9 Å². The Hall–Kier alpha value is -1.53. The molecular weight excluding hydrogens is 300 g/mol. The topological polar surface area (TPSA) is 57.4 Å². The molecule has 2 atom stereocenters. The summed E-state index contributed by atoms with van der Waals surface area (Å²) in [5.74, 6) is 2.10. The Balaban J connectivity index is 1.66. The van der Waals surface area contributed by atoms with Crippen LogP contribution in [0.5, 0.6) is 5.75 Å². The lowest BCUT2D eigenvalue weighted by atomic mass is 10.2. The first-order valence-electron chi connectivity index (χ1n) is 7.60. The molecule has 0 radical (unpaired) electrons. The number of nitrogens with zero attached hydrogens (tertiary/aromatic N) is 2. The van der Waals surface area contributed by atoms with E-state index in [0.717, 1.165) is 29.9 Å². The molecule has 3 rings (SSSR count). The van der Waals surface area contributed by atoms with E-state index in [1.807, 2.05) is 31.2 Å². The van der Waals surface area contributed by atoms with Gasteiger partial charge in [0, 0.05) is 5.75 Å². The van der Waals surface area contributed by atoms with Crippen LogP contribution in [-0.4, -0.2) is 34.8 Å². The molecule has 0 saturated carbocycles. The molecule has 1 aliphatic rings. The first-order valence-corrected chi connectivity index (χ1v) is 8.58. The Morgan fingerprint density at radius 1 is 1.27 bits per heavy atom. The van der Waals surface area contributed by atoms with Crippen molar-refractivity contribution in [1.82, 2.24) is 10.2 Å². The monoisotopic (exact) mass is 320 g/mol. The summed E-state index contributed by atoms with van der Waals surface area (Å²) >= 11 is 1.55. The summed E-state index contributed by atoms with van der Waals surface area (Å²) in [6.07, 6.45) is 2.87. The van der Waals surface area contributed by atoms with E-state index in [1.165, 1.54) is 0 Å². The standard InChI is InChI=1S/C16H20N2O3S/c1-3-19-14-7-5-4-6-13(14)15-17-18-16(21-15)22-10-12-9-8-11(2)20-12/h4-7,11-12H,3,8-10H2,1-2H3/t11-,12-/m0/s1. The van der Waals surface area contributed by atoms with E-state index in [9.17, 15) is 0 Å². The van der Waals surface area contributed by atoms with Crippen molar-refractivity contribution in [1.29, 1.82) is 0 Å². The Labute approximate surface area is 134 Å². The molecule has 118 valence electrons. The van der Waals surface area contributed by atoms with Crippen LogP contribution < -0.4 is 4.74 Å². The number of hydrogen-bond acceptors (Lipinski definition) is 6. The molecule has 0 aliphatic carbocycles. The Kier molecular flexibility index (Phi) is 5.00. The molecule has 22 heavy (non-hydrogen) atoms. The van der Waals surface area contributed by atoms with E-state index in [2.05, 4.69) is 17.1 Å². The lowest BCUT2D eigenvalue weighted by molar-refractivity contribution is 0.0699. The maximum absolute atomic E-state index is 5.79. The molecule has 1 fully saturated rings. The van der Waals surface area contributed by atoms with Crippen molar-refractivity contribution < 1.29 is 13.9 Å². The van der Waals surface area contributed by atoms with Crippen LogP contribution in [0.3, 0.4) is 0 Å². The number of aromatic nitrogens is 2. The van der Waals surface area contributed by atoms with E-state index >= 15 is 0 Å². The Morgan fingerprint density at radius 3 is 2.91 bits per heavy atom. The minimum atomic E-state index is 0.283. The number of benzene rings is 1. The van der Waals surface area contributed by atoms with Crippen LogP contribution >= 0.6 is 11.8 Å². The molecule has 0 amide bonds. The van der Waals surface area contributed by atoms with Gasteiger partial charge in [0.05, 0.1) is 24.4 Å². The van der Waals surface area contributed by atoms with E-state index in [4.69, 9.17) is 13.9 Å². The van der Waals surface area contributed by atoms with Gasteiger partial charge < -0.3 is 13.9 Å². The predicted octanol–water partition coefficient (Wildman–Crippen LogP) is 3.79. The van der Waals surface area contributed by atoms with E-state index in [-0.39, 0.29) is 6.10 Å². The molecule has 2 aromatic rings. The van der Waals surface area contributed by atoms with E-state index in [1.54, 1.807) is 11.8 Å². The zero-order chi connectivity index (χ0) is 15.4. The quantitative estimate of drug-likeness (QED) is 0.755. The van der Waals surface area contributed by atoms with Crippen LogP contribution in [0.4, 0.5) is 0 Å². The van der Waals surface area contributed by atoms with Crippen molar-refractivity contribution in [3.63, 3.8) is 0 Å². The summed E-state index contributed by atoms with van der Waals surface area (Å²) in [4.78, 5) is 0. The normalized spacial score (nSPS) is 21.2. The summed E-state index contributed by atoms with van der Waals surface area (Å²) in [6.45, 7) is 4.67. The average molecular weight is 320 g/mol. The van der Waals surface area contributed by atoms with Gasteiger partial charge in [0.1, 0.15) is 5.75 Å². The van der Waals surface area contributed by atoms with Crippen molar-refractivity contribution >= 4 is 11.8 Å². The fourth-order valence-electron chi connectivity index (χ4n) is 2.47. The molecule has 0 unspecified atom stereocenters. The van der Waals surface area contributed by atoms with Gasteiger partial charge in [0.2, 0.25) is 0 Å². The molecule has 1 aliphatic heterocycles. The molecule has 1 saturated heterocycles. The third kappa shape index (κ3) is 3.62. The van der Waals surface area contributed by atoms with Gasteiger partial charge in [-0.1, -0.05) is 23.9 Å². The molecule has 6 heteroatoms. The number of para-hydroxylation sites is 1. The van der Waals surface area contributed by atoms with Gasteiger partial charge in [0.15, 0.2) is 0 Å². The second-order valence-corrected chi connectivity index (χ2v) is 6.23. The maximum Gasteiger partial charge on any atom is 0.276 e. The fourth-order valence-corrected chi connectivity index (χ4v) is 3.28. The first-order chi connectivity index (χ1) is 10.8. The number of thioether (sulfide) groups is 1. The van der Waals surface area contributed by atoms with Crippen LogP contribution in [0, 0.1) is 0 Å². The second-order valence-electron chi connectivity index (χ2n) is 5.26. The highest BCUT2D eigenvalue weighted by molar-refractivity contribution is 7.99. The summed E-state index contributed by atoms with van der Waals surface area (Å²) in [6, 6.07) is 7.69. The highest BCUT2D eigenvalue weighted by atomic mass is 32.2. The zero-order valence-electron chi connectivity index (χ0n) is 12.8. The van der Waals surface area contributed by atoms with Gasteiger partial charge in [0.25, 0.3) is 11.1 Å². The molecule has 0 bridgehead atoms. The van der Waals surface area contributed by atoms with Crippen molar-refractivity contribution in [3.05, 3.63) is 24.3 Å². The van der Waals surface area contributed by atoms with Crippen LogP contribution in [0.25, 0.3) is 11.5 Å². The molecule has 5 nitrogen and oxygen atoms in total. The van der Waals surface area contributed by atoms with Gasteiger partial charge in [-0.2, -0.15) is 0 Å². The van der Waals surface area contributed by atoms with Crippen molar-refractivity contribution in [3.8, 4) is 17.2 Å². The van der Waals surface area contributed by atoms with E-state index < -0.39 is 0 Å². The molecule has 2 heterocycles. The maximum atomic E-state index is 5.79. The number of hydrogen-bond donors (Lipinski definition) is 0. The van der Waals surface area contributed by atoms with Crippen LogP contribution in [0.1, 0.15) is 26.7 Å². The Morgan fingerprint density at radius 2 is 2.14 bits per heavy atom. The largest absolute Gasteiger partial charge is 0.493 e. The molecule has 1 aromatic heterocycles. The smallest absolute Gasteiger partial charge is 0.276 e. The van der Waals surface area contributed by atoms with Crippen molar-refractivity contribution in [2.45, 2.75) is 44.1 Å². The lowest BCUT2D eigenvalue weighted by Crippen LogP contribution is -2.10. The average Bonchev–Trinajstić information content (AvgIpc) is 3.15. The number of rotatable bonds is 6. The summed E-state index contributed by atoms with van der Waals surface area (Å²) < 4.78 is 17.1. The van der Waals surface area contributed by atoms with Crippen LogP contribution in [-0.2, 0) is 4.74 Å². The summed E-state index contributed by atoms with van der Waals surface area (Å²) in [7, 11) is 0. The minimum Gasteiger partial charge on any atom is -0.493 e. The highest BCUT2D eigenvalue weighted by Crippen LogP contribution is 2.31. The number of ether oxygens (including phenoxy) is 2. The molecule has 0 spiro atoms. The van der Waals surface area contributed by atoms with Gasteiger partial charge in [-0.25, -0.2) is 0 Å². The Bertz CT molecular complexity index is 617. The second kappa shape index (κ2) is 7.15. The summed E-state index contributed by atoms with van der Waals surface area (Å²) in [5, 5.41) is 8.81. The SMILES string of the molecule is CCOc1ccccc1-c1nnc(SC[C@@H]2CC[C@H](C)O2)o1.